The summed E-state index contributed by atoms with van der Waals surface area (Å²) >= 11 is 0. The Morgan fingerprint density at radius 3 is 2.77 bits per heavy atom. The lowest BCUT2D eigenvalue weighted by atomic mass is 10.2. The highest BCUT2D eigenvalue weighted by Crippen LogP contribution is 2.16. The van der Waals surface area contributed by atoms with Crippen molar-refractivity contribution in [3.05, 3.63) is 24.3 Å². The number of anilines is 1. The molecule has 1 atom stereocenters. The monoisotopic (exact) mass is 306 g/mol. The Bertz CT molecular complexity index is 453. The van der Waals surface area contributed by atoms with Crippen molar-refractivity contribution >= 4 is 11.6 Å². The van der Waals surface area contributed by atoms with E-state index in [-0.39, 0.29) is 12.0 Å². The van der Waals surface area contributed by atoms with Crippen LogP contribution in [0.5, 0.6) is 5.75 Å². The molecule has 5 heteroatoms. The second kappa shape index (κ2) is 8.76. The van der Waals surface area contributed by atoms with E-state index in [2.05, 4.69) is 24.5 Å². The van der Waals surface area contributed by atoms with Crippen molar-refractivity contribution in [2.24, 2.45) is 5.92 Å². The van der Waals surface area contributed by atoms with Gasteiger partial charge in [-0.2, -0.15) is 0 Å². The molecular weight excluding hydrogens is 280 g/mol. The number of benzene rings is 1. The van der Waals surface area contributed by atoms with Gasteiger partial charge in [-0.1, -0.05) is 13.8 Å². The third kappa shape index (κ3) is 6.03. The van der Waals surface area contributed by atoms with Crippen LogP contribution in [0.3, 0.4) is 0 Å². The lowest BCUT2D eigenvalue weighted by Gasteiger charge is -2.11. The second-order valence-corrected chi connectivity index (χ2v) is 6.04. The average Bonchev–Trinajstić information content (AvgIpc) is 3.00. The van der Waals surface area contributed by atoms with Gasteiger partial charge in [0.1, 0.15) is 5.75 Å². The summed E-state index contributed by atoms with van der Waals surface area (Å²) < 4.78 is 11.1. The predicted octanol–water partition coefficient (Wildman–Crippen LogP) is 2.43. The number of rotatable bonds is 8. The van der Waals surface area contributed by atoms with Gasteiger partial charge in [-0.25, -0.2) is 0 Å². The number of carbonyl (C=O) groups is 1. The molecular formula is C17H26N2O3. The molecule has 2 rings (SSSR count). The SMILES string of the molecule is CC(C)COc1ccc(NC(=O)CNCC2CCCO2)cc1. The van der Waals surface area contributed by atoms with E-state index < -0.39 is 0 Å². The van der Waals surface area contributed by atoms with Crippen LogP contribution in [0.1, 0.15) is 26.7 Å². The molecule has 0 radical (unpaired) electrons. The molecule has 1 saturated heterocycles. The number of hydrogen-bond donors (Lipinski definition) is 2. The van der Waals surface area contributed by atoms with Crippen molar-refractivity contribution in [2.75, 3.05) is 31.6 Å². The van der Waals surface area contributed by atoms with Gasteiger partial charge in [0.05, 0.1) is 19.3 Å². The Balaban J connectivity index is 1.67. The molecule has 122 valence electrons. The minimum atomic E-state index is -0.0474. The summed E-state index contributed by atoms with van der Waals surface area (Å²) in [6.07, 6.45) is 2.45. The van der Waals surface area contributed by atoms with Crippen LogP contribution < -0.4 is 15.4 Å². The molecule has 1 aliphatic rings. The van der Waals surface area contributed by atoms with Gasteiger partial charge in [0.15, 0.2) is 0 Å². The first-order chi connectivity index (χ1) is 10.6. The zero-order chi connectivity index (χ0) is 15.8. The molecule has 0 spiro atoms. The Morgan fingerprint density at radius 2 is 2.14 bits per heavy atom. The largest absolute Gasteiger partial charge is 0.493 e. The number of hydrogen-bond acceptors (Lipinski definition) is 4. The fourth-order valence-electron chi connectivity index (χ4n) is 2.25. The maximum absolute atomic E-state index is 11.8. The molecule has 1 fully saturated rings. The van der Waals surface area contributed by atoms with E-state index in [9.17, 15) is 4.79 Å². The van der Waals surface area contributed by atoms with E-state index in [4.69, 9.17) is 9.47 Å². The highest BCUT2D eigenvalue weighted by molar-refractivity contribution is 5.92. The van der Waals surface area contributed by atoms with Crippen LogP contribution in [0.4, 0.5) is 5.69 Å². The molecule has 1 unspecified atom stereocenters. The normalized spacial score (nSPS) is 17.7. The van der Waals surface area contributed by atoms with Crippen LogP contribution in [-0.4, -0.2) is 38.3 Å². The van der Waals surface area contributed by atoms with Gasteiger partial charge >= 0.3 is 0 Å². The third-order valence-electron chi connectivity index (χ3n) is 3.40. The molecule has 5 nitrogen and oxygen atoms in total. The van der Waals surface area contributed by atoms with Crippen LogP contribution in [0.2, 0.25) is 0 Å². The van der Waals surface area contributed by atoms with E-state index in [0.717, 1.165) is 37.4 Å². The van der Waals surface area contributed by atoms with Crippen molar-refractivity contribution in [2.45, 2.75) is 32.8 Å². The zero-order valence-electron chi connectivity index (χ0n) is 13.4. The Labute approximate surface area is 132 Å². The molecule has 2 N–H and O–H groups in total. The lowest BCUT2D eigenvalue weighted by molar-refractivity contribution is -0.115. The van der Waals surface area contributed by atoms with E-state index >= 15 is 0 Å². The number of ether oxygens (including phenoxy) is 2. The molecule has 1 heterocycles. The highest BCUT2D eigenvalue weighted by Gasteiger charge is 2.15. The molecule has 1 aliphatic heterocycles. The summed E-state index contributed by atoms with van der Waals surface area (Å²) in [5, 5.41) is 5.99. The molecule has 0 saturated carbocycles. The first-order valence-electron chi connectivity index (χ1n) is 7.98. The minimum Gasteiger partial charge on any atom is -0.493 e. The summed E-state index contributed by atoms with van der Waals surface area (Å²) in [7, 11) is 0. The fourth-order valence-corrected chi connectivity index (χ4v) is 2.25. The Morgan fingerprint density at radius 1 is 1.36 bits per heavy atom. The zero-order valence-corrected chi connectivity index (χ0v) is 13.4. The van der Waals surface area contributed by atoms with Gasteiger partial charge in [0.2, 0.25) is 5.91 Å². The van der Waals surface area contributed by atoms with Gasteiger partial charge in [-0.15, -0.1) is 0 Å². The summed E-state index contributed by atoms with van der Waals surface area (Å²) in [6, 6.07) is 7.46. The Hall–Kier alpha value is -1.59. The maximum atomic E-state index is 11.8. The predicted molar refractivity (Wildman–Crippen MR) is 87.2 cm³/mol. The maximum Gasteiger partial charge on any atom is 0.238 e. The molecule has 0 aromatic heterocycles. The van der Waals surface area contributed by atoms with Gasteiger partial charge in [-0.3, -0.25) is 4.79 Å². The van der Waals surface area contributed by atoms with E-state index in [1.54, 1.807) is 0 Å². The molecule has 1 amide bonds. The quantitative estimate of drug-likeness (QED) is 0.774. The van der Waals surface area contributed by atoms with Crippen molar-refractivity contribution in [3.63, 3.8) is 0 Å². The highest BCUT2D eigenvalue weighted by atomic mass is 16.5. The summed E-state index contributed by atoms with van der Waals surface area (Å²) in [4.78, 5) is 11.8. The van der Waals surface area contributed by atoms with Crippen LogP contribution >= 0.6 is 0 Å². The Kier molecular flexibility index (Phi) is 6.68. The number of nitrogens with one attached hydrogen (secondary N) is 2. The lowest BCUT2D eigenvalue weighted by Crippen LogP contribution is -2.33. The number of amides is 1. The van der Waals surface area contributed by atoms with Crippen LogP contribution in [0.15, 0.2) is 24.3 Å². The van der Waals surface area contributed by atoms with Crippen LogP contribution in [0.25, 0.3) is 0 Å². The summed E-state index contributed by atoms with van der Waals surface area (Å²) in [5.74, 6) is 1.27. The van der Waals surface area contributed by atoms with Crippen LogP contribution in [-0.2, 0) is 9.53 Å². The van der Waals surface area contributed by atoms with E-state index in [0.29, 0.717) is 19.1 Å². The summed E-state index contributed by atoms with van der Waals surface area (Å²) in [5.41, 5.74) is 0.779. The first kappa shape index (κ1) is 16.8. The van der Waals surface area contributed by atoms with Crippen LogP contribution in [0, 0.1) is 5.92 Å². The van der Waals surface area contributed by atoms with Gasteiger partial charge in [0, 0.05) is 18.8 Å². The first-order valence-corrected chi connectivity index (χ1v) is 7.98. The molecule has 0 aliphatic carbocycles. The fraction of sp³-hybridized carbons (Fsp3) is 0.588. The smallest absolute Gasteiger partial charge is 0.238 e. The van der Waals surface area contributed by atoms with E-state index in [1.165, 1.54) is 0 Å². The van der Waals surface area contributed by atoms with Gasteiger partial charge in [0.25, 0.3) is 0 Å². The molecule has 1 aromatic rings. The van der Waals surface area contributed by atoms with E-state index in [1.807, 2.05) is 24.3 Å². The topological polar surface area (TPSA) is 59.6 Å². The molecule has 0 bridgehead atoms. The molecule has 22 heavy (non-hydrogen) atoms. The third-order valence-corrected chi connectivity index (χ3v) is 3.40. The summed E-state index contributed by atoms with van der Waals surface area (Å²) in [6.45, 7) is 6.78. The average molecular weight is 306 g/mol. The van der Waals surface area contributed by atoms with Gasteiger partial charge in [-0.05, 0) is 43.0 Å². The van der Waals surface area contributed by atoms with Gasteiger partial charge < -0.3 is 20.1 Å². The van der Waals surface area contributed by atoms with Crippen molar-refractivity contribution in [1.82, 2.24) is 5.32 Å². The van der Waals surface area contributed by atoms with Crippen molar-refractivity contribution < 1.29 is 14.3 Å². The minimum absolute atomic E-state index is 0.0474. The van der Waals surface area contributed by atoms with Crippen molar-refractivity contribution in [3.8, 4) is 5.75 Å². The second-order valence-electron chi connectivity index (χ2n) is 6.04. The number of carbonyl (C=O) groups excluding carboxylic acids is 1. The molecule has 1 aromatic carbocycles. The van der Waals surface area contributed by atoms with Crippen molar-refractivity contribution in [1.29, 1.82) is 0 Å². The standard InChI is InChI=1S/C17H26N2O3/c1-13(2)12-22-15-7-5-14(6-8-15)19-17(20)11-18-10-16-4-3-9-21-16/h5-8,13,16,18H,3-4,9-12H2,1-2H3,(H,19,20).